The van der Waals surface area contributed by atoms with Crippen LogP contribution in [0.2, 0.25) is 10.0 Å². The summed E-state index contributed by atoms with van der Waals surface area (Å²) in [5.74, 6) is -0.412. The van der Waals surface area contributed by atoms with E-state index < -0.39 is 28.5 Å². The van der Waals surface area contributed by atoms with Gasteiger partial charge in [-0.15, -0.1) is 0 Å². The first-order valence-electron chi connectivity index (χ1n) is 10.6. The highest BCUT2D eigenvalue weighted by molar-refractivity contribution is 7.92. The Hall–Kier alpha value is -2.49. The number of carbonyl (C=O) groups excluding carboxylic acids is 2. The Labute approximate surface area is 210 Å². The second-order valence-electron chi connectivity index (χ2n) is 7.66. The van der Waals surface area contributed by atoms with Gasteiger partial charge in [-0.2, -0.15) is 0 Å². The number of amides is 2. The molecule has 2 amide bonds. The lowest BCUT2D eigenvalue weighted by Crippen LogP contribution is -2.51. The van der Waals surface area contributed by atoms with Gasteiger partial charge in [0.15, 0.2) is 0 Å². The Morgan fingerprint density at radius 3 is 2.18 bits per heavy atom. The van der Waals surface area contributed by atoms with Crippen molar-refractivity contribution in [3.05, 3.63) is 58.1 Å². The van der Waals surface area contributed by atoms with Crippen LogP contribution in [0, 0.1) is 0 Å². The molecule has 0 aromatic heterocycles. The highest BCUT2D eigenvalue weighted by atomic mass is 35.5. The number of benzene rings is 2. The van der Waals surface area contributed by atoms with Crippen LogP contribution in [0.3, 0.4) is 0 Å². The average Bonchev–Trinajstić information content (AvgIpc) is 2.79. The van der Waals surface area contributed by atoms with Gasteiger partial charge in [-0.25, -0.2) is 8.42 Å². The molecule has 0 spiro atoms. The topological polar surface area (TPSA) is 96.0 Å². The van der Waals surface area contributed by atoms with Crippen LogP contribution in [0.25, 0.3) is 0 Å². The fourth-order valence-electron chi connectivity index (χ4n) is 3.19. The van der Waals surface area contributed by atoms with Crippen molar-refractivity contribution in [1.82, 2.24) is 10.2 Å². The summed E-state index contributed by atoms with van der Waals surface area (Å²) in [6.45, 7) is 3.35. The zero-order valence-corrected chi connectivity index (χ0v) is 21.9. The molecule has 0 saturated carbocycles. The molecule has 8 nitrogen and oxygen atoms in total. The summed E-state index contributed by atoms with van der Waals surface area (Å²) in [5.41, 5.74) is 0.750. The maximum Gasteiger partial charge on any atom is 0.244 e. The third-order valence-electron chi connectivity index (χ3n) is 5.15. The number of nitrogens with one attached hydrogen (secondary N) is 1. The van der Waals surface area contributed by atoms with Gasteiger partial charge >= 0.3 is 0 Å². The number of hydrogen-bond donors (Lipinski definition) is 1. The number of carbonyl (C=O) groups is 2. The van der Waals surface area contributed by atoms with Crippen LogP contribution < -0.4 is 14.4 Å². The first-order valence-corrected chi connectivity index (χ1v) is 13.2. The van der Waals surface area contributed by atoms with Gasteiger partial charge in [0.2, 0.25) is 21.8 Å². The molecule has 2 rings (SSSR count). The van der Waals surface area contributed by atoms with E-state index in [0.717, 1.165) is 17.0 Å². The molecule has 34 heavy (non-hydrogen) atoms. The monoisotopic (exact) mass is 529 g/mol. The molecule has 0 aliphatic carbocycles. The molecule has 0 radical (unpaired) electrons. The molecule has 0 aliphatic heterocycles. The SMILES string of the molecule is CCCNC(=O)[C@@H](C)N(Cc1c(Cl)cccc1Cl)C(=O)CN(c1ccc(OC)cc1)S(C)(=O)=O. The largest absolute Gasteiger partial charge is 0.497 e. The Morgan fingerprint density at radius 2 is 1.68 bits per heavy atom. The quantitative estimate of drug-likeness (QED) is 0.478. The molecule has 2 aromatic carbocycles. The lowest BCUT2D eigenvalue weighted by molar-refractivity contribution is -0.139. The van der Waals surface area contributed by atoms with Gasteiger partial charge in [0.05, 0.1) is 19.1 Å². The van der Waals surface area contributed by atoms with E-state index in [4.69, 9.17) is 27.9 Å². The van der Waals surface area contributed by atoms with Crippen LogP contribution in [-0.4, -0.2) is 57.6 Å². The van der Waals surface area contributed by atoms with Crippen LogP contribution in [0.5, 0.6) is 5.75 Å². The van der Waals surface area contributed by atoms with Gasteiger partial charge < -0.3 is 15.0 Å². The van der Waals surface area contributed by atoms with Gasteiger partial charge in [-0.1, -0.05) is 36.2 Å². The number of nitrogens with zero attached hydrogens (tertiary/aromatic N) is 2. The predicted octanol–water partition coefficient (Wildman–Crippen LogP) is 3.71. The highest BCUT2D eigenvalue weighted by Crippen LogP contribution is 2.27. The van der Waals surface area contributed by atoms with Crippen molar-refractivity contribution in [2.45, 2.75) is 32.9 Å². The zero-order valence-electron chi connectivity index (χ0n) is 19.5. The minimum Gasteiger partial charge on any atom is -0.497 e. The van der Waals surface area contributed by atoms with E-state index in [1.165, 1.54) is 12.0 Å². The van der Waals surface area contributed by atoms with Crippen LogP contribution in [0.4, 0.5) is 5.69 Å². The van der Waals surface area contributed by atoms with Crippen molar-refractivity contribution in [2.75, 3.05) is 30.8 Å². The Morgan fingerprint density at radius 1 is 1.09 bits per heavy atom. The normalized spacial score (nSPS) is 12.1. The summed E-state index contributed by atoms with van der Waals surface area (Å²) in [7, 11) is -2.33. The molecule has 11 heteroatoms. The number of rotatable bonds is 11. The molecule has 0 unspecified atom stereocenters. The summed E-state index contributed by atoms with van der Waals surface area (Å²) >= 11 is 12.6. The summed E-state index contributed by atoms with van der Waals surface area (Å²) in [5, 5.41) is 3.44. The predicted molar refractivity (Wildman–Crippen MR) is 135 cm³/mol. The molecule has 0 heterocycles. The average molecular weight is 530 g/mol. The van der Waals surface area contributed by atoms with E-state index in [0.29, 0.717) is 27.9 Å². The highest BCUT2D eigenvalue weighted by Gasteiger charge is 2.30. The maximum absolute atomic E-state index is 13.5. The molecular weight excluding hydrogens is 501 g/mol. The van der Waals surface area contributed by atoms with Crippen molar-refractivity contribution in [1.29, 1.82) is 0 Å². The Bertz CT molecular complexity index is 1090. The fourth-order valence-corrected chi connectivity index (χ4v) is 4.56. The van der Waals surface area contributed by atoms with E-state index >= 15 is 0 Å². The lowest BCUT2D eigenvalue weighted by atomic mass is 10.1. The second kappa shape index (κ2) is 12.3. The standard InChI is InChI=1S/C23H29Cl2N3O5S/c1-5-13-26-23(30)16(2)27(14-19-20(24)7-6-8-21(19)25)22(29)15-28(34(4,31)32)17-9-11-18(33-3)12-10-17/h6-12,16H,5,13-15H2,1-4H3,(H,26,30)/t16-/m1/s1. The number of anilines is 1. The Kier molecular flexibility index (Phi) is 10.0. The molecule has 1 atom stereocenters. The van der Waals surface area contributed by atoms with Gasteiger partial charge in [0.25, 0.3) is 0 Å². The molecule has 0 bridgehead atoms. The molecule has 186 valence electrons. The minimum atomic E-state index is -3.82. The number of halogens is 2. The number of methoxy groups -OCH3 is 1. The van der Waals surface area contributed by atoms with E-state index in [1.54, 1.807) is 49.4 Å². The molecule has 2 aromatic rings. The summed E-state index contributed by atoms with van der Waals surface area (Å²) < 4.78 is 31.2. The van der Waals surface area contributed by atoms with E-state index in [2.05, 4.69) is 5.32 Å². The van der Waals surface area contributed by atoms with Gasteiger partial charge in [-0.3, -0.25) is 13.9 Å². The smallest absolute Gasteiger partial charge is 0.244 e. The second-order valence-corrected chi connectivity index (χ2v) is 10.4. The van der Waals surface area contributed by atoms with Gasteiger partial charge in [-0.05, 0) is 49.7 Å². The Balaban J connectivity index is 2.42. The van der Waals surface area contributed by atoms with Gasteiger partial charge in [0.1, 0.15) is 18.3 Å². The lowest BCUT2D eigenvalue weighted by Gasteiger charge is -2.32. The molecule has 1 N–H and O–H groups in total. The van der Waals surface area contributed by atoms with Gasteiger partial charge in [0, 0.05) is 28.7 Å². The third kappa shape index (κ3) is 7.25. The number of ether oxygens (including phenoxy) is 1. The van der Waals surface area contributed by atoms with E-state index in [1.807, 2.05) is 6.92 Å². The van der Waals surface area contributed by atoms with Crippen LogP contribution in [-0.2, 0) is 26.2 Å². The summed E-state index contributed by atoms with van der Waals surface area (Å²) in [6.07, 6.45) is 1.74. The van der Waals surface area contributed by atoms with Crippen molar-refractivity contribution < 1.29 is 22.7 Å². The number of hydrogen-bond acceptors (Lipinski definition) is 5. The first-order chi connectivity index (χ1) is 16.0. The molecule has 0 saturated heterocycles. The van der Waals surface area contributed by atoms with Crippen molar-refractivity contribution in [2.24, 2.45) is 0 Å². The molecule has 0 aliphatic rings. The van der Waals surface area contributed by atoms with Crippen molar-refractivity contribution in [3.8, 4) is 5.75 Å². The van der Waals surface area contributed by atoms with Crippen LogP contribution >= 0.6 is 23.2 Å². The maximum atomic E-state index is 13.5. The summed E-state index contributed by atoms with van der Waals surface area (Å²) in [4.78, 5) is 27.5. The number of sulfonamides is 1. The van der Waals surface area contributed by atoms with Crippen LogP contribution in [0.1, 0.15) is 25.8 Å². The molecular formula is C23H29Cl2N3O5S. The van der Waals surface area contributed by atoms with Crippen molar-refractivity contribution >= 4 is 50.7 Å². The van der Waals surface area contributed by atoms with E-state index in [-0.39, 0.29) is 18.1 Å². The summed E-state index contributed by atoms with van der Waals surface area (Å²) in [6, 6.07) is 10.3. The fraction of sp³-hybridized carbons (Fsp3) is 0.391. The van der Waals surface area contributed by atoms with Crippen molar-refractivity contribution in [3.63, 3.8) is 0 Å². The molecule has 0 fully saturated rings. The zero-order chi connectivity index (χ0) is 25.5. The van der Waals surface area contributed by atoms with Crippen LogP contribution in [0.15, 0.2) is 42.5 Å². The third-order valence-corrected chi connectivity index (χ3v) is 7.00. The minimum absolute atomic E-state index is 0.0712. The van der Waals surface area contributed by atoms with E-state index in [9.17, 15) is 18.0 Å². The first kappa shape index (κ1) is 27.8.